The van der Waals surface area contributed by atoms with Gasteiger partial charge in [0.15, 0.2) is 0 Å². The van der Waals surface area contributed by atoms with Crippen LogP contribution in [0.15, 0.2) is 24.3 Å². The average molecular weight is 349 g/mol. The van der Waals surface area contributed by atoms with E-state index in [4.69, 9.17) is 0 Å². The van der Waals surface area contributed by atoms with Crippen molar-refractivity contribution in [1.82, 2.24) is 4.90 Å². The SMILES string of the molecule is COC(=O)/C=C/c1ccc(N2CCN([C@H](C)CO)CC2)c([N+](=O)[O-])c1. The summed E-state index contributed by atoms with van der Waals surface area (Å²) < 4.78 is 4.52. The van der Waals surface area contributed by atoms with E-state index in [0.29, 0.717) is 24.3 Å². The number of esters is 1. The Kier molecular flexibility index (Phi) is 6.49. The summed E-state index contributed by atoms with van der Waals surface area (Å²) in [5.74, 6) is -0.513. The minimum Gasteiger partial charge on any atom is -0.466 e. The number of nitro groups is 1. The second kappa shape index (κ2) is 8.59. The van der Waals surface area contributed by atoms with Gasteiger partial charge in [0, 0.05) is 44.4 Å². The lowest BCUT2D eigenvalue weighted by atomic mass is 10.1. The monoisotopic (exact) mass is 349 g/mol. The molecule has 0 aromatic heterocycles. The predicted octanol–water partition coefficient (Wildman–Crippen LogP) is 1.28. The minimum absolute atomic E-state index is 0.00988. The fraction of sp³-hybridized carbons (Fsp3) is 0.471. The molecule has 1 saturated heterocycles. The number of hydrogen-bond donors (Lipinski definition) is 1. The molecule has 0 aliphatic carbocycles. The summed E-state index contributed by atoms with van der Waals surface area (Å²) in [4.78, 5) is 26.3. The number of nitro benzene ring substituents is 1. The van der Waals surface area contributed by atoms with Crippen LogP contribution in [0.2, 0.25) is 0 Å². The Hall–Kier alpha value is -2.45. The van der Waals surface area contributed by atoms with Crippen molar-refractivity contribution in [3.63, 3.8) is 0 Å². The second-order valence-corrected chi connectivity index (χ2v) is 5.92. The molecule has 1 aliphatic heterocycles. The summed E-state index contributed by atoms with van der Waals surface area (Å²) in [5.41, 5.74) is 1.14. The lowest BCUT2D eigenvalue weighted by Gasteiger charge is -2.38. The molecule has 0 radical (unpaired) electrons. The van der Waals surface area contributed by atoms with Gasteiger partial charge in [0.05, 0.1) is 18.6 Å². The van der Waals surface area contributed by atoms with Crippen LogP contribution in [-0.4, -0.2) is 66.8 Å². The molecule has 2 rings (SSSR count). The fourth-order valence-corrected chi connectivity index (χ4v) is 2.81. The molecule has 1 N–H and O–H groups in total. The van der Waals surface area contributed by atoms with Crippen molar-refractivity contribution in [3.8, 4) is 0 Å². The Morgan fingerprint density at radius 2 is 2.08 bits per heavy atom. The number of rotatable bonds is 6. The first kappa shape index (κ1) is 18.9. The molecule has 0 amide bonds. The molecular weight excluding hydrogens is 326 g/mol. The van der Waals surface area contributed by atoms with Crippen molar-refractivity contribution in [3.05, 3.63) is 40.0 Å². The first-order chi connectivity index (χ1) is 12.0. The minimum atomic E-state index is -0.513. The van der Waals surface area contributed by atoms with Crippen LogP contribution < -0.4 is 4.90 Å². The van der Waals surface area contributed by atoms with Crippen molar-refractivity contribution in [2.24, 2.45) is 0 Å². The normalized spacial score (nSPS) is 16.8. The topological polar surface area (TPSA) is 96.2 Å². The maximum absolute atomic E-state index is 11.4. The molecule has 0 spiro atoms. The maximum Gasteiger partial charge on any atom is 0.330 e. The smallest absolute Gasteiger partial charge is 0.330 e. The summed E-state index contributed by atoms with van der Waals surface area (Å²) in [6.45, 7) is 4.85. The summed E-state index contributed by atoms with van der Waals surface area (Å²) >= 11 is 0. The number of aliphatic hydroxyl groups excluding tert-OH is 1. The van der Waals surface area contributed by atoms with Gasteiger partial charge >= 0.3 is 5.97 Å². The molecule has 8 nitrogen and oxygen atoms in total. The number of nitrogens with zero attached hydrogens (tertiary/aromatic N) is 3. The van der Waals surface area contributed by atoms with Crippen LogP contribution in [-0.2, 0) is 9.53 Å². The summed E-state index contributed by atoms with van der Waals surface area (Å²) in [5, 5.41) is 20.7. The average Bonchev–Trinajstić information content (AvgIpc) is 2.65. The summed E-state index contributed by atoms with van der Waals surface area (Å²) in [6.07, 6.45) is 2.72. The van der Waals surface area contributed by atoms with E-state index in [1.165, 1.54) is 25.3 Å². The molecule has 0 unspecified atom stereocenters. The van der Waals surface area contributed by atoms with E-state index in [2.05, 4.69) is 9.64 Å². The molecular formula is C17H23N3O5. The van der Waals surface area contributed by atoms with Crippen LogP contribution >= 0.6 is 0 Å². The highest BCUT2D eigenvalue weighted by Crippen LogP contribution is 2.30. The van der Waals surface area contributed by atoms with Gasteiger partial charge < -0.3 is 14.7 Å². The zero-order chi connectivity index (χ0) is 18.4. The number of benzene rings is 1. The summed E-state index contributed by atoms with van der Waals surface area (Å²) in [6, 6.07) is 4.99. The molecule has 0 bridgehead atoms. The molecule has 1 heterocycles. The highest BCUT2D eigenvalue weighted by Gasteiger charge is 2.25. The van der Waals surface area contributed by atoms with E-state index in [1.54, 1.807) is 12.1 Å². The lowest BCUT2D eigenvalue weighted by Crippen LogP contribution is -2.50. The molecule has 136 valence electrons. The number of carbonyl (C=O) groups is 1. The van der Waals surface area contributed by atoms with Crippen molar-refractivity contribution < 1.29 is 19.6 Å². The van der Waals surface area contributed by atoms with Crippen molar-refractivity contribution in [2.45, 2.75) is 13.0 Å². The third-order valence-corrected chi connectivity index (χ3v) is 4.35. The van der Waals surface area contributed by atoms with Gasteiger partial charge in [-0.3, -0.25) is 15.0 Å². The van der Waals surface area contributed by atoms with Crippen LogP contribution in [0.3, 0.4) is 0 Å². The van der Waals surface area contributed by atoms with Gasteiger partial charge in [0.25, 0.3) is 5.69 Å². The third kappa shape index (κ3) is 4.77. The number of ether oxygens (including phenoxy) is 1. The molecule has 1 atom stereocenters. The van der Waals surface area contributed by atoms with E-state index in [1.807, 2.05) is 11.8 Å². The van der Waals surface area contributed by atoms with Crippen molar-refractivity contribution in [2.75, 3.05) is 44.8 Å². The van der Waals surface area contributed by atoms with E-state index in [-0.39, 0.29) is 18.3 Å². The number of methoxy groups -OCH3 is 1. The van der Waals surface area contributed by atoms with Gasteiger partial charge in [0.2, 0.25) is 0 Å². The number of piperazine rings is 1. The second-order valence-electron chi connectivity index (χ2n) is 5.92. The Bertz CT molecular complexity index is 654. The molecule has 8 heteroatoms. The first-order valence-corrected chi connectivity index (χ1v) is 8.10. The number of hydrogen-bond acceptors (Lipinski definition) is 7. The molecule has 1 fully saturated rings. The summed E-state index contributed by atoms with van der Waals surface area (Å²) in [7, 11) is 1.27. The Labute approximate surface area is 146 Å². The number of aliphatic hydroxyl groups is 1. The Morgan fingerprint density at radius 1 is 1.40 bits per heavy atom. The first-order valence-electron chi connectivity index (χ1n) is 8.10. The van der Waals surface area contributed by atoms with E-state index in [0.717, 1.165) is 13.1 Å². The standard InChI is InChI=1S/C17H23N3O5/c1-13(12-21)18-7-9-19(10-8-18)15-5-3-14(4-6-17(22)25-2)11-16(15)20(23)24/h3-6,11,13,21H,7-10,12H2,1-2H3/b6-4+/t13-/m1/s1. The van der Waals surface area contributed by atoms with Crippen LogP contribution in [0.25, 0.3) is 6.08 Å². The van der Waals surface area contributed by atoms with Gasteiger partial charge in [-0.05, 0) is 24.6 Å². The number of anilines is 1. The van der Waals surface area contributed by atoms with Crippen molar-refractivity contribution >= 4 is 23.4 Å². The molecule has 1 aromatic rings. The highest BCUT2D eigenvalue weighted by atomic mass is 16.6. The molecule has 0 saturated carbocycles. The zero-order valence-electron chi connectivity index (χ0n) is 14.4. The highest BCUT2D eigenvalue weighted by molar-refractivity contribution is 5.87. The van der Waals surface area contributed by atoms with Gasteiger partial charge in [0.1, 0.15) is 5.69 Å². The largest absolute Gasteiger partial charge is 0.466 e. The third-order valence-electron chi connectivity index (χ3n) is 4.35. The molecule has 1 aromatic carbocycles. The Morgan fingerprint density at radius 3 is 2.64 bits per heavy atom. The van der Waals surface area contributed by atoms with Gasteiger partial charge in [-0.15, -0.1) is 0 Å². The fourth-order valence-electron chi connectivity index (χ4n) is 2.81. The quantitative estimate of drug-likeness (QED) is 0.358. The van der Waals surface area contributed by atoms with Crippen molar-refractivity contribution in [1.29, 1.82) is 0 Å². The molecule has 1 aliphatic rings. The van der Waals surface area contributed by atoms with Crippen LogP contribution in [0.1, 0.15) is 12.5 Å². The van der Waals surface area contributed by atoms with Crippen LogP contribution in [0, 0.1) is 10.1 Å². The van der Waals surface area contributed by atoms with E-state index in [9.17, 15) is 20.0 Å². The van der Waals surface area contributed by atoms with Crippen LogP contribution in [0.4, 0.5) is 11.4 Å². The number of carbonyl (C=O) groups excluding carboxylic acids is 1. The van der Waals surface area contributed by atoms with Gasteiger partial charge in [-0.2, -0.15) is 0 Å². The Balaban J connectivity index is 2.17. The van der Waals surface area contributed by atoms with Crippen LogP contribution in [0.5, 0.6) is 0 Å². The lowest BCUT2D eigenvalue weighted by molar-refractivity contribution is -0.384. The van der Waals surface area contributed by atoms with E-state index >= 15 is 0 Å². The van der Waals surface area contributed by atoms with Gasteiger partial charge in [-0.1, -0.05) is 6.07 Å². The van der Waals surface area contributed by atoms with Gasteiger partial charge in [-0.25, -0.2) is 4.79 Å². The molecule has 25 heavy (non-hydrogen) atoms. The zero-order valence-corrected chi connectivity index (χ0v) is 14.4. The maximum atomic E-state index is 11.4. The van der Waals surface area contributed by atoms with E-state index < -0.39 is 10.9 Å². The predicted molar refractivity (Wildman–Crippen MR) is 94.5 cm³/mol.